The fraction of sp³-hybridized carbons (Fsp3) is 0.286. The summed E-state index contributed by atoms with van der Waals surface area (Å²) in [6.45, 7) is 6.48. The molecule has 0 fully saturated rings. The molecule has 6 nitrogen and oxygen atoms in total. The third kappa shape index (κ3) is 5.13. The maximum Gasteiger partial charge on any atom is 0.248 e. The molecule has 0 saturated carbocycles. The Kier molecular flexibility index (Phi) is 6.98. The first kappa shape index (κ1) is 23.5. The second-order valence-electron chi connectivity index (χ2n) is 9.02. The molecule has 0 radical (unpaired) electrons. The number of aromatic nitrogens is 2. The highest BCUT2D eigenvalue weighted by atomic mass is 16.3. The van der Waals surface area contributed by atoms with Crippen molar-refractivity contribution in [2.75, 3.05) is 6.54 Å². The molecule has 0 bridgehead atoms. The average molecular weight is 457 g/mol. The molecule has 34 heavy (non-hydrogen) atoms. The van der Waals surface area contributed by atoms with Crippen LogP contribution in [-0.4, -0.2) is 32.8 Å². The van der Waals surface area contributed by atoms with Gasteiger partial charge in [0.15, 0.2) is 0 Å². The Hall–Kier alpha value is -3.64. The predicted octanol–water partition coefficient (Wildman–Crippen LogP) is 3.87. The van der Waals surface area contributed by atoms with Gasteiger partial charge >= 0.3 is 0 Å². The standard InChI is InChI=1S/C28H32N4O2/c1-19-8-12-22(13-9-19)16-24(17-30-27(34)21(3)33)32-26-7-5-4-6-25(26)31(28(32)29)18-23-14-10-20(2)11-15-23/h4-15,21,24,29,33H,16-18H2,1-3H3,(H,30,34)/t21-,24?/m1/s1. The quantitative estimate of drug-likeness (QED) is 0.376. The minimum Gasteiger partial charge on any atom is -0.384 e. The van der Waals surface area contributed by atoms with Gasteiger partial charge in [0, 0.05) is 6.54 Å². The molecule has 6 heteroatoms. The van der Waals surface area contributed by atoms with E-state index in [1.54, 1.807) is 0 Å². The normalized spacial score (nSPS) is 13.1. The van der Waals surface area contributed by atoms with E-state index in [0.717, 1.165) is 22.2 Å². The average Bonchev–Trinajstić information content (AvgIpc) is 3.10. The topological polar surface area (TPSA) is 83.0 Å². The van der Waals surface area contributed by atoms with Crippen LogP contribution in [0.1, 0.15) is 35.2 Å². The van der Waals surface area contributed by atoms with E-state index in [-0.39, 0.29) is 6.04 Å². The number of hydrogen-bond acceptors (Lipinski definition) is 3. The van der Waals surface area contributed by atoms with Gasteiger partial charge in [-0.3, -0.25) is 10.2 Å². The number of amides is 1. The van der Waals surface area contributed by atoms with E-state index < -0.39 is 12.0 Å². The molecule has 176 valence electrons. The fourth-order valence-electron chi connectivity index (χ4n) is 4.28. The van der Waals surface area contributed by atoms with Crippen molar-refractivity contribution in [1.29, 1.82) is 5.41 Å². The van der Waals surface area contributed by atoms with Crippen LogP contribution in [0.25, 0.3) is 11.0 Å². The van der Waals surface area contributed by atoms with Gasteiger partial charge in [0.2, 0.25) is 11.5 Å². The van der Waals surface area contributed by atoms with Crippen LogP contribution in [-0.2, 0) is 17.8 Å². The van der Waals surface area contributed by atoms with Gasteiger partial charge in [-0.2, -0.15) is 0 Å². The minimum atomic E-state index is -1.08. The molecule has 0 aliphatic carbocycles. The van der Waals surface area contributed by atoms with Gasteiger partial charge < -0.3 is 19.6 Å². The van der Waals surface area contributed by atoms with Crippen LogP contribution in [0.5, 0.6) is 0 Å². The minimum absolute atomic E-state index is 0.193. The van der Waals surface area contributed by atoms with Crippen molar-refractivity contribution < 1.29 is 9.90 Å². The number of rotatable bonds is 8. The fourth-order valence-corrected chi connectivity index (χ4v) is 4.28. The largest absolute Gasteiger partial charge is 0.384 e. The Morgan fingerprint density at radius 1 is 0.912 bits per heavy atom. The molecule has 1 heterocycles. The third-order valence-electron chi connectivity index (χ3n) is 6.23. The number of imidazole rings is 1. The Morgan fingerprint density at radius 3 is 2.06 bits per heavy atom. The molecular weight excluding hydrogens is 424 g/mol. The number of nitrogens with zero attached hydrogens (tertiary/aromatic N) is 2. The van der Waals surface area contributed by atoms with Gasteiger partial charge in [-0.05, 0) is 50.5 Å². The molecule has 0 aliphatic rings. The van der Waals surface area contributed by atoms with Crippen molar-refractivity contribution in [3.63, 3.8) is 0 Å². The monoisotopic (exact) mass is 456 g/mol. The summed E-state index contributed by atoms with van der Waals surface area (Å²) in [5, 5.41) is 21.7. The van der Waals surface area contributed by atoms with Gasteiger partial charge in [-0.1, -0.05) is 71.8 Å². The van der Waals surface area contributed by atoms with E-state index in [0.29, 0.717) is 25.1 Å². The van der Waals surface area contributed by atoms with Crippen molar-refractivity contribution in [2.45, 2.75) is 45.9 Å². The highest BCUT2D eigenvalue weighted by molar-refractivity contribution is 5.80. The smallest absolute Gasteiger partial charge is 0.248 e. The molecule has 1 amide bonds. The van der Waals surface area contributed by atoms with E-state index in [2.05, 4.69) is 67.7 Å². The second kappa shape index (κ2) is 10.1. The van der Waals surface area contributed by atoms with E-state index >= 15 is 0 Å². The zero-order chi connectivity index (χ0) is 24.2. The maximum absolute atomic E-state index is 12.2. The SMILES string of the molecule is Cc1ccc(CC(CNC(=O)[C@@H](C)O)n2c(=N)n(Cc3ccc(C)cc3)c3ccccc32)cc1. The van der Waals surface area contributed by atoms with E-state index in [1.165, 1.54) is 18.1 Å². The molecule has 1 unspecified atom stereocenters. The number of nitrogens with one attached hydrogen (secondary N) is 2. The number of para-hydroxylation sites is 2. The van der Waals surface area contributed by atoms with Crippen LogP contribution >= 0.6 is 0 Å². The van der Waals surface area contributed by atoms with Crippen LogP contribution < -0.4 is 10.9 Å². The molecular formula is C28H32N4O2. The highest BCUT2D eigenvalue weighted by Gasteiger charge is 2.21. The van der Waals surface area contributed by atoms with Crippen molar-refractivity contribution in [3.8, 4) is 0 Å². The lowest BCUT2D eigenvalue weighted by Crippen LogP contribution is -2.40. The molecule has 3 aromatic carbocycles. The van der Waals surface area contributed by atoms with Crippen LogP contribution in [0.2, 0.25) is 0 Å². The summed E-state index contributed by atoms with van der Waals surface area (Å²) >= 11 is 0. The zero-order valence-corrected chi connectivity index (χ0v) is 20.0. The number of aliphatic hydroxyl groups excluding tert-OH is 1. The number of aryl methyl sites for hydroxylation is 2. The van der Waals surface area contributed by atoms with E-state index in [4.69, 9.17) is 5.41 Å². The molecule has 1 aromatic heterocycles. The van der Waals surface area contributed by atoms with Crippen molar-refractivity contribution >= 4 is 16.9 Å². The summed E-state index contributed by atoms with van der Waals surface area (Å²) in [5.74, 6) is -0.413. The van der Waals surface area contributed by atoms with Crippen LogP contribution in [0.4, 0.5) is 0 Å². The number of aliphatic hydroxyl groups is 1. The summed E-state index contributed by atoms with van der Waals surface area (Å²) < 4.78 is 4.02. The maximum atomic E-state index is 12.2. The van der Waals surface area contributed by atoms with Gasteiger partial charge in [-0.15, -0.1) is 0 Å². The molecule has 4 rings (SSSR count). The van der Waals surface area contributed by atoms with Crippen molar-refractivity contribution in [2.24, 2.45) is 0 Å². The third-order valence-corrected chi connectivity index (χ3v) is 6.23. The van der Waals surface area contributed by atoms with Crippen LogP contribution in [0.3, 0.4) is 0 Å². The lowest BCUT2D eigenvalue weighted by Gasteiger charge is -2.21. The van der Waals surface area contributed by atoms with E-state index in [9.17, 15) is 9.90 Å². The molecule has 0 spiro atoms. The molecule has 0 saturated heterocycles. The highest BCUT2D eigenvalue weighted by Crippen LogP contribution is 2.21. The number of fused-ring (bicyclic) bond motifs is 1. The first-order valence-corrected chi connectivity index (χ1v) is 11.6. The number of hydrogen-bond donors (Lipinski definition) is 3. The number of benzene rings is 3. The Bertz CT molecular complexity index is 1330. The molecule has 2 atom stereocenters. The summed E-state index contributed by atoms with van der Waals surface area (Å²) in [6.07, 6.45) is -0.432. The van der Waals surface area contributed by atoms with Crippen LogP contribution in [0, 0.1) is 19.3 Å². The Morgan fingerprint density at radius 2 is 1.47 bits per heavy atom. The summed E-state index contributed by atoms with van der Waals surface area (Å²) in [7, 11) is 0. The second-order valence-corrected chi connectivity index (χ2v) is 9.02. The lowest BCUT2D eigenvalue weighted by molar-refractivity contribution is -0.128. The van der Waals surface area contributed by atoms with Crippen LogP contribution in [0.15, 0.2) is 72.8 Å². The Labute approximate surface area is 200 Å². The summed E-state index contributed by atoms with van der Waals surface area (Å²) in [4.78, 5) is 12.2. The number of carbonyl (C=O) groups excluding carboxylic acids is 1. The van der Waals surface area contributed by atoms with Gasteiger partial charge in [-0.25, -0.2) is 0 Å². The first-order valence-electron chi connectivity index (χ1n) is 11.6. The molecule has 4 aromatic rings. The summed E-state index contributed by atoms with van der Waals surface area (Å²) in [5.41, 5.74) is 6.95. The summed E-state index contributed by atoms with van der Waals surface area (Å²) in [6, 6.07) is 24.5. The zero-order valence-electron chi connectivity index (χ0n) is 20.0. The van der Waals surface area contributed by atoms with E-state index in [1.807, 2.05) is 33.4 Å². The van der Waals surface area contributed by atoms with Crippen molar-refractivity contribution in [3.05, 3.63) is 101 Å². The first-order chi connectivity index (χ1) is 16.3. The lowest BCUT2D eigenvalue weighted by atomic mass is 10.0. The number of carbonyl (C=O) groups is 1. The van der Waals surface area contributed by atoms with Crippen molar-refractivity contribution in [1.82, 2.24) is 14.5 Å². The predicted molar refractivity (Wildman–Crippen MR) is 135 cm³/mol. The Balaban J connectivity index is 1.77. The molecule has 3 N–H and O–H groups in total. The van der Waals surface area contributed by atoms with Gasteiger partial charge in [0.05, 0.1) is 23.6 Å². The molecule has 0 aliphatic heterocycles. The van der Waals surface area contributed by atoms with Gasteiger partial charge in [0.1, 0.15) is 6.10 Å². The van der Waals surface area contributed by atoms with Gasteiger partial charge in [0.25, 0.3) is 0 Å².